The van der Waals surface area contributed by atoms with Gasteiger partial charge < -0.3 is 9.72 Å². The number of hydrogen-bond donors (Lipinski definition) is 1. The van der Waals surface area contributed by atoms with Crippen molar-refractivity contribution in [3.63, 3.8) is 0 Å². The normalized spacial score (nSPS) is 18.5. The molecule has 18 heavy (non-hydrogen) atoms. The molecule has 0 spiro atoms. The molecule has 0 amide bonds. The fraction of sp³-hybridized carbons (Fsp3) is 0.533. The molecule has 2 heterocycles. The second-order valence-electron chi connectivity index (χ2n) is 5.41. The van der Waals surface area contributed by atoms with E-state index in [2.05, 4.69) is 27.8 Å². The average Bonchev–Trinajstić information content (AvgIpc) is 3.04. The number of nitrogens with zero attached hydrogens (tertiary/aromatic N) is 2. The van der Waals surface area contributed by atoms with Gasteiger partial charge in [-0.15, -0.1) is 0 Å². The Kier molecular flexibility index (Phi) is 3.33. The maximum Gasteiger partial charge on any atom is 0.137 e. The third-order valence-electron chi connectivity index (χ3n) is 4.13. The van der Waals surface area contributed by atoms with Crippen molar-refractivity contribution in [2.45, 2.75) is 45.2 Å². The molecular weight excluding hydrogens is 222 g/mol. The predicted molar refractivity (Wildman–Crippen MR) is 73.5 cm³/mol. The van der Waals surface area contributed by atoms with Gasteiger partial charge in [0.2, 0.25) is 0 Å². The highest BCUT2D eigenvalue weighted by Crippen LogP contribution is 2.27. The minimum Gasteiger partial charge on any atom is -0.308 e. The zero-order chi connectivity index (χ0) is 12.4. The summed E-state index contributed by atoms with van der Waals surface area (Å²) >= 11 is 0. The number of fused-ring (bicyclic) bond motifs is 1. The third-order valence-corrected chi connectivity index (χ3v) is 4.13. The van der Waals surface area contributed by atoms with Crippen molar-refractivity contribution in [2.24, 2.45) is 5.92 Å². The Labute approximate surface area is 108 Å². The van der Waals surface area contributed by atoms with Crippen LogP contribution in [0.4, 0.5) is 0 Å². The molecule has 0 bridgehead atoms. The average molecular weight is 243 g/mol. The van der Waals surface area contributed by atoms with Gasteiger partial charge in [0.15, 0.2) is 0 Å². The van der Waals surface area contributed by atoms with Gasteiger partial charge in [-0.25, -0.2) is 4.98 Å². The summed E-state index contributed by atoms with van der Waals surface area (Å²) in [6, 6.07) is 6.72. The van der Waals surface area contributed by atoms with Crippen molar-refractivity contribution in [3.8, 4) is 0 Å². The van der Waals surface area contributed by atoms with Gasteiger partial charge in [0, 0.05) is 25.0 Å². The molecule has 0 saturated heterocycles. The van der Waals surface area contributed by atoms with E-state index in [1.54, 1.807) is 0 Å². The summed E-state index contributed by atoms with van der Waals surface area (Å²) in [6.45, 7) is 3.19. The third kappa shape index (κ3) is 2.41. The summed E-state index contributed by atoms with van der Waals surface area (Å²) in [5, 5.41) is 3.63. The second kappa shape index (κ2) is 5.11. The summed E-state index contributed by atoms with van der Waals surface area (Å²) in [5.74, 6) is 0.863. The highest BCUT2D eigenvalue weighted by atomic mass is 15.0. The molecule has 1 atom stereocenters. The minimum atomic E-state index is 0.609. The van der Waals surface area contributed by atoms with Crippen LogP contribution in [-0.4, -0.2) is 15.4 Å². The van der Waals surface area contributed by atoms with Crippen LogP contribution in [0.2, 0.25) is 0 Å². The van der Waals surface area contributed by atoms with Crippen molar-refractivity contribution in [1.82, 2.24) is 14.7 Å². The fourth-order valence-corrected chi connectivity index (χ4v) is 2.96. The van der Waals surface area contributed by atoms with Gasteiger partial charge in [0.05, 0.1) is 5.69 Å². The van der Waals surface area contributed by atoms with Gasteiger partial charge in [-0.05, 0) is 37.8 Å². The first-order chi connectivity index (χ1) is 8.83. The van der Waals surface area contributed by atoms with E-state index in [0.29, 0.717) is 6.04 Å². The van der Waals surface area contributed by atoms with Crippen LogP contribution in [0.3, 0.4) is 0 Å². The molecule has 0 aliphatic heterocycles. The van der Waals surface area contributed by atoms with Crippen molar-refractivity contribution >= 4 is 5.65 Å². The molecule has 2 aromatic heterocycles. The van der Waals surface area contributed by atoms with Crippen LogP contribution in [0.25, 0.3) is 5.65 Å². The first kappa shape index (κ1) is 11.7. The van der Waals surface area contributed by atoms with Crippen LogP contribution < -0.4 is 5.32 Å². The Bertz CT molecular complexity index is 478. The molecule has 1 N–H and O–H groups in total. The van der Waals surface area contributed by atoms with E-state index >= 15 is 0 Å². The Morgan fingerprint density at radius 2 is 2.22 bits per heavy atom. The van der Waals surface area contributed by atoms with Gasteiger partial charge in [0.1, 0.15) is 5.65 Å². The van der Waals surface area contributed by atoms with Gasteiger partial charge in [-0.1, -0.05) is 18.9 Å². The molecule has 1 aliphatic carbocycles. The van der Waals surface area contributed by atoms with Crippen LogP contribution in [0.15, 0.2) is 30.6 Å². The van der Waals surface area contributed by atoms with Crippen molar-refractivity contribution in [3.05, 3.63) is 36.3 Å². The first-order valence-corrected chi connectivity index (χ1v) is 6.99. The SMILES string of the molecule is C[C@@H](NCc1cn2ccccc2n1)C1CCCC1. The molecule has 3 nitrogen and oxygen atoms in total. The van der Waals surface area contributed by atoms with Crippen LogP contribution in [0, 0.1) is 5.92 Å². The second-order valence-corrected chi connectivity index (χ2v) is 5.41. The zero-order valence-corrected chi connectivity index (χ0v) is 11.0. The highest BCUT2D eigenvalue weighted by Gasteiger charge is 2.21. The summed E-state index contributed by atoms with van der Waals surface area (Å²) in [7, 11) is 0. The summed E-state index contributed by atoms with van der Waals surface area (Å²) < 4.78 is 2.08. The summed E-state index contributed by atoms with van der Waals surface area (Å²) in [6.07, 6.45) is 9.75. The molecule has 1 fully saturated rings. The number of rotatable bonds is 4. The highest BCUT2D eigenvalue weighted by molar-refractivity contribution is 5.39. The standard InChI is InChI=1S/C15H21N3/c1-12(13-6-2-3-7-13)16-10-14-11-18-9-5-4-8-15(18)17-14/h4-5,8-9,11-13,16H,2-3,6-7,10H2,1H3/t12-/m1/s1. The van der Waals surface area contributed by atoms with E-state index in [-0.39, 0.29) is 0 Å². The Hall–Kier alpha value is -1.35. The lowest BCUT2D eigenvalue weighted by Crippen LogP contribution is -2.31. The maximum atomic E-state index is 4.61. The lowest BCUT2D eigenvalue weighted by Gasteiger charge is -2.19. The van der Waals surface area contributed by atoms with Crippen LogP contribution in [-0.2, 0) is 6.54 Å². The quantitative estimate of drug-likeness (QED) is 0.894. The molecular formula is C15H21N3. The predicted octanol–water partition coefficient (Wildman–Crippen LogP) is 3.00. The van der Waals surface area contributed by atoms with Crippen molar-refractivity contribution in [2.75, 3.05) is 0 Å². The van der Waals surface area contributed by atoms with Crippen molar-refractivity contribution < 1.29 is 0 Å². The van der Waals surface area contributed by atoms with Crippen LogP contribution in [0.5, 0.6) is 0 Å². The molecule has 2 aromatic rings. The summed E-state index contributed by atoms with van der Waals surface area (Å²) in [4.78, 5) is 4.61. The van der Waals surface area contributed by atoms with Crippen LogP contribution in [0.1, 0.15) is 38.3 Å². The van der Waals surface area contributed by atoms with E-state index < -0.39 is 0 Å². The number of nitrogens with one attached hydrogen (secondary N) is 1. The topological polar surface area (TPSA) is 29.3 Å². The Balaban J connectivity index is 1.62. The van der Waals surface area contributed by atoms with E-state index in [4.69, 9.17) is 0 Å². The lowest BCUT2D eigenvalue weighted by atomic mass is 10.00. The Morgan fingerprint density at radius 1 is 1.39 bits per heavy atom. The Morgan fingerprint density at radius 3 is 3.00 bits per heavy atom. The number of hydrogen-bond acceptors (Lipinski definition) is 2. The number of pyridine rings is 1. The van der Waals surface area contributed by atoms with Gasteiger partial charge >= 0.3 is 0 Å². The van der Waals surface area contributed by atoms with Crippen LogP contribution >= 0.6 is 0 Å². The number of imidazole rings is 1. The minimum absolute atomic E-state index is 0.609. The number of aromatic nitrogens is 2. The molecule has 1 saturated carbocycles. The monoisotopic (exact) mass is 243 g/mol. The zero-order valence-electron chi connectivity index (χ0n) is 11.0. The van der Waals surface area contributed by atoms with Gasteiger partial charge in [0.25, 0.3) is 0 Å². The molecule has 0 unspecified atom stereocenters. The molecule has 96 valence electrons. The van der Waals surface area contributed by atoms with E-state index in [1.807, 2.05) is 24.4 Å². The van der Waals surface area contributed by atoms with E-state index in [1.165, 1.54) is 25.7 Å². The molecule has 3 heteroatoms. The first-order valence-electron chi connectivity index (χ1n) is 6.99. The fourth-order valence-electron chi connectivity index (χ4n) is 2.96. The van der Waals surface area contributed by atoms with Gasteiger partial charge in [-0.2, -0.15) is 0 Å². The lowest BCUT2D eigenvalue weighted by molar-refractivity contribution is 0.379. The summed E-state index contributed by atoms with van der Waals surface area (Å²) in [5.41, 5.74) is 2.16. The van der Waals surface area contributed by atoms with E-state index in [0.717, 1.165) is 23.8 Å². The molecule has 3 rings (SSSR count). The molecule has 0 aromatic carbocycles. The molecule has 0 radical (unpaired) electrons. The smallest absolute Gasteiger partial charge is 0.137 e. The largest absolute Gasteiger partial charge is 0.308 e. The van der Waals surface area contributed by atoms with E-state index in [9.17, 15) is 0 Å². The van der Waals surface area contributed by atoms with Gasteiger partial charge in [-0.3, -0.25) is 0 Å². The maximum absolute atomic E-state index is 4.61. The van der Waals surface area contributed by atoms with Crippen molar-refractivity contribution in [1.29, 1.82) is 0 Å². The molecule has 1 aliphatic rings.